The maximum atomic E-state index is 12.4. The van der Waals surface area contributed by atoms with Gasteiger partial charge in [0.1, 0.15) is 0 Å². The fourth-order valence-corrected chi connectivity index (χ4v) is 3.01. The molecule has 0 aliphatic carbocycles. The number of hydrogen-bond donors (Lipinski definition) is 1. The summed E-state index contributed by atoms with van der Waals surface area (Å²) in [5, 5.41) is 2.75. The van der Waals surface area contributed by atoms with Crippen LogP contribution in [0.1, 0.15) is 11.1 Å². The topological polar surface area (TPSA) is 52.7 Å². The Balaban J connectivity index is 1.59. The zero-order chi connectivity index (χ0) is 17.8. The van der Waals surface area contributed by atoms with Crippen LogP contribution < -0.4 is 10.2 Å². The maximum Gasteiger partial charge on any atom is 0.313 e. The van der Waals surface area contributed by atoms with Crippen molar-refractivity contribution in [1.82, 2.24) is 4.90 Å². The third kappa shape index (κ3) is 3.82. The molecule has 5 heteroatoms. The Kier molecular flexibility index (Phi) is 5.03. The number of hydrogen-bond acceptors (Lipinski definition) is 3. The Morgan fingerprint density at radius 2 is 1.56 bits per heavy atom. The SMILES string of the molecule is Cc1cccc(NC(=O)C(=O)N2CCN(c3ccccc3)CC2)c1C. The molecule has 3 rings (SSSR count). The van der Waals surface area contributed by atoms with Crippen molar-refractivity contribution in [3.05, 3.63) is 59.7 Å². The molecule has 0 saturated carbocycles. The summed E-state index contributed by atoms with van der Waals surface area (Å²) in [4.78, 5) is 28.6. The third-order valence-corrected chi connectivity index (χ3v) is 4.74. The molecule has 0 bridgehead atoms. The van der Waals surface area contributed by atoms with Gasteiger partial charge in [-0.25, -0.2) is 0 Å². The van der Waals surface area contributed by atoms with Crippen LogP contribution in [-0.4, -0.2) is 42.9 Å². The molecule has 0 unspecified atom stereocenters. The van der Waals surface area contributed by atoms with E-state index < -0.39 is 11.8 Å². The summed E-state index contributed by atoms with van der Waals surface area (Å²) in [5.74, 6) is -1.03. The molecule has 0 aromatic heterocycles. The highest BCUT2D eigenvalue weighted by atomic mass is 16.2. The highest BCUT2D eigenvalue weighted by molar-refractivity contribution is 6.39. The van der Waals surface area contributed by atoms with Crippen LogP contribution in [0.25, 0.3) is 0 Å². The van der Waals surface area contributed by atoms with Crippen molar-refractivity contribution in [3.63, 3.8) is 0 Å². The van der Waals surface area contributed by atoms with Gasteiger partial charge in [0.15, 0.2) is 0 Å². The van der Waals surface area contributed by atoms with Gasteiger partial charge in [-0.2, -0.15) is 0 Å². The van der Waals surface area contributed by atoms with Crippen LogP contribution in [0, 0.1) is 13.8 Å². The summed E-state index contributed by atoms with van der Waals surface area (Å²) < 4.78 is 0. The lowest BCUT2D eigenvalue weighted by molar-refractivity contribution is -0.143. The third-order valence-electron chi connectivity index (χ3n) is 4.74. The van der Waals surface area contributed by atoms with Crippen molar-refractivity contribution in [2.45, 2.75) is 13.8 Å². The van der Waals surface area contributed by atoms with E-state index in [-0.39, 0.29) is 0 Å². The number of benzene rings is 2. The first-order chi connectivity index (χ1) is 12.1. The monoisotopic (exact) mass is 337 g/mol. The average molecular weight is 337 g/mol. The van der Waals surface area contributed by atoms with Crippen LogP contribution in [0.5, 0.6) is 0 Å². The molecule has 2 aromatic rings. The lowest BCUT2D eigenvalue weighted by atomic mass is 10.1. The Hall–Kier alpha value is -2.82. The summed E-state index contributed by atoms with van der Waals surface area (Å²) in [6, 6.07) is 15.8. The highest BCUT2D eigenvalue weighted by Crippen LogP contribution is 2.19. The molecular weight excluding hydrogens is 314 g/mol. The van der Waals surface area contributed by atoms with E-state index in [0.717, 1.165) is 29.9 Å². The normalized spacial score (nSPS) is 14.3. The van der Waals surface area contributed by atoms with Gasteiger partial charge in [0.25, 0.3) is 0 Å². The summed E-state index contributed by atoms with van der Waals surface area (Å²) >= 11 is 0. The number of nitrogens with one attached hydrogen (secondary N) is 1. The molecule has 1 heterocycles. The first-order valence-corrected chi connectivity index (χ1v) is 8.53. The molecule has 2 amide bonds. The predicted octanol–water partition coefficient (Wildman–Crippen LogP) is 2.59. The number of piperazine rings is 1. The van der Waals surface area contributed by atoms with Gasteiger partial charge in [-0.1, -0.05) is 30.3 Å². The summed E-state index contributed by atoms with van der Waals surface area (Å²) in [7, 11) is 0. The Morgan fingerprint density at radius 1 is 0.880 bits per heavy atom. The first-order valence-electron chi connectivity index (χ1n) is 8.53. The van der Waals surface area contributed by atoms with Crippen molar-refractivity contribution in [2.24, 2.45) is 0 Å². The van der Waals surface area contributed by atoms with Gasteiger partial charge in [-0.05, 0) is 43.2 Å². The van der Waals surface area contributed by atoms with Crippen LogP contribution in [0.2, 0.25) is 0 Å². The fourth-order valence-electron chi connectivity index (χ4n) is 3.01. The molecule has 1 saturated heterocycles. The second-order valence-corrected chi connectivity index (χ2v) is 6.32. The minimum absolute atomic E-state index is 0.464. The zero-order valence-electron chi connectivity index (χ0n) is 14.7. The molecule has 25 heavy (non-hydrogen) atoms. The predicted molar refractivity (Wildman–Crippen MR) is 99.8 cm³/mol. The number of aryl methyl sites for hydroxylation is 1. The van der Waals surface area contributed by atoms with Crippen molar-refractivity contribution < 1.29 is 9.59 Å². The molecule has 1 aliphatic rings. The number of para-hydroxylation sites is 1. The number of nitrogens with zero attached hydrogens (tertiary/aromatic N) is 2. The van der Waals surface area contributed by atoms with Gasteiger partial charge in [0.2, 0.25) is 0 Å². The van der Waals surface area contributed by atoms with E-state index in [0.29, 0.717) is 18.8 Å². The Morgan fingerprint density at radius 3 is 2.24 bits per heavy atom. The lowest BCUT2D eigenvalue weighted by Crippen LogP contribution is -2.51. The zero-order valence-corrected chi connectivity index (χ0v) is 14.7. The second kappa shape index (κ2) is 7.38. The van der Waals surface area contributed by atoms with E-state index in [9.17, 15) is 9.59 Å². The van der Waals surface area contributed by atoms with E-state index in [2.05, 4.69) is 22.3 Å². The number of amides is 2. The summed E-state index contributed by atoms with van der Waals surface area (Å²) in [6.45, 7) is 6.48. The molecule has 0 atom stereocenters. The minimum atomic E-state index is -0.568. The quantitative estimate of drug-likeness (QED) is 0.857. The van der Waals surface area contributed by atoms with Gasteiger partial charge in [-0.15, -0.1) is 0 Å². The minimum Gasteiger partial charge on any atom is -0.368 e. The number of anilines is 2. The van der Waals surface area contributed by atoms with Gasteiger partial charge in [0.05, 0.1) is 0 Å². The average Bonchev–Trinajstić information content (AvgIpc) is 2.65. The van der Waals surface area contributed by atoms with Crippen molar-refractivity contribution in [1.29, 1.82) is 0 Å². The van der Waals surface area contributed by atoms with E-state index in [4.69, 9.17) is 0 Å². The number of carbonyl (C=O) groups excluding carboxylic acids is 2. The second-order valence-electron chi connectivity index (χ2n) is 6.32. The molecule has 5 nitrogen and oxygen atoms in total. The fraction of sp³-hybridized carbons (Fsp3) is 0.300. The summed E-state index contributed by atoms with van der Waals surface area (Å²) in [6.07, 6.45) is 0. The van der Waals surface area contributed by atoms with E-state index >= 15 is 0 Å². The van der Waals surface area contributed by atoms with E-state index in [1.807, 2.05) is 50.2 Å². The molecule has 1 fully saturated rings. The molecule has 0 spiro atoms. The van der Waals surface area contributed by atoms with Crippen molar-refractivity contribution in [3.8, 4) is 0 Å². The molecular formula is C20H23N3O2. The molecule has 1 aliphatic heterocycles. The Bertz CT molecular complexity index is 766. The lowest BCUT2D eigenvalue weighted by Gasteiger charge is -2.35. The van der Waals surface area contributed by atoms with Crippen LogP contribution in [-0.2, 0) is 9.59 Å². The van der Waals surface area contributed by atoms with Crippen molar-refractivity contribution >= 4 is 23.2 Å². The van der Waals surface area contributed by atoms with Crippen LogP contribution in [0.15, 0.2) is 48.5 Å². The highest BCUT2D eigenvalue weighted by Gasteiger charge is 2.26. The van der Waals surface area contributed by atoms with Gasteiger partial charge in [0, 0.05) is 37.6 Å². The largest absolute Gasteiger partial charge is 0.368 e. The van der Waals surface area contributed by atoms with Crippen molar-refractivity contribution in [2.75, 3.05) is 36.4 Å². The first kappa shape index (κ1) is 17.0. The van der Waals surface area contributed by atoms with E-state index in [1.165, 1.54) is 0 Å². The van der Waals surface area contributed by atoms with E-state index in [1.54, 1.807) is 4.90 Å². The Labute approximate surface area is 148 Å². The maximum absolute atomic E-state index is 12.4. The number of rotatable bonds is 2. The van der Waals surface area contributed by atoms with Crippen LogP contribution >= 0.6 is 0 Å². The number of carbonyl (C=O) groups is 2. The van der Waals surface area contributed by atoms with Gasteiger partial charge >= 0.3 is 11.8 Å². The molecule has 1 N–H and O–H groups in total. The molecule has 2 aromatic carbocycles. The smallest absolute Gasteiger partial charge is 0.313 e. The van der Waals surface area contributed by atoms with Crippen LogP contribution in [0.4, 0.5) is 11.4 Å². The molecule has 0 radical (unpaired) electrons. The van der Waals surface area contributed by atoms with Crippen LogP contribution in [0.3, 0.4) is 0 Å². The summed E-state index contributed by atoms with van der Waals surface area (Å²) in [5.41, 5.74) is 3.91. The molecule has 130 valence electrons. The van der Waals surface area contributed by atoms with Gasteiger partial charge in [-0.3, -0.25) is 9.59 Å². The van der Waals surface area contributed by atoms with Gasteiger partial charge < -0.3 is 15.1 Å². The standard InChI is InChI=1S/C20H23N3O2/c1-15-7-6-10-18(16(15)2)21-19(24)20(25)23-13-11-22(12-14-23)17-8-4-3-5-9-17/h3-10H,11-14H2,1-2H3,(H,21,24).